The maximum atomic E-state index is 10.6. The fourth-order valence-electron chi connectivity index (χ4n) is 0.537. The Kier molecular flexibility index (Phi) is 5.49. The van der Waals surface area contributed by atoms with Gasteiger partial charge in [-0.1, -0.05) is 13.2 Å². The molecule has 0 aliphatic carbocycles. The van der Waals surface area contributed by atoms with Crippen LogP contribution >= 0.6 is 0 Å². The SMILES string of the molecule is C=CC(=O)NC(O)C(O)NN([O-])C=C. The third-order valence-electron chi connectivity index (χ3n) is 1.20. The van der Waals surface area contributed by atoms with Crippen LogP contribution in [-0.4, -0.2) is 33.7 Å². The number of hydroxylamine groups is 1. The predicted molar refractivity (Wildman–Crippen MR) is 48.9 cm³/mol. The van der Waals surface area contributed by atoms with Crippen LogP contribution in [0.1, 0.15) is 0 Å². The van der Waals surface area contributed by atoms with Gasteiger partial charge in [-0.3, -0.25) is 4.79 Å². The van der Waals surface area contributed by atoms with Crippen molar-refractivity contribution in [1.29, 1.82) is 0 Å². The number of aliphatic hydroxyl groups is 2. The van der Waals surface area contributed by atoms with E-state index in [0.717, 1.165) is 12.3 Å². The van der Waals surface area contributed by atoms with Gasteiger partial charge in [-0.2, -0.15) is 0 Å². The quantitative estimate of drug-likeness (QED) is 0.234. The van der Waals surface area contributed by atoms with E-state index in [1.165, 1.54) is 0 Å². The Hall–Kier alpha value is -1.41. The third-order valence-corrected chi connectivity index (χ3v) is 1.20. The molecular weight excluding hydrogens is 190 g/mol. The summed E-state index contributed by atoms with van der Waals surface area (Å²) in [6.45, 7) is 6.24. The second-order valence-electron chi connectivity index (χ2n) is 2.24. The van der Waals surface area contributed by atoms with Crippen LogP contribution in [0.4, 0.5) is 0 Å². The van der Waals surface area contributed by atoms with Crippen LogP contribution < -0.4 is 10.7 Å². The molecule has 0 radical (unpaired) electrons. The summed E-state index contributed by atoms with van der Waals surface area (Å²) in [6, 6.07) is 0. The first-order valence-electron chi connectivity index (χ1n) is 3.65. The summed E-state index contributed by atoms with van der Waals surface area (Å²) in [5.41, 5.74) is 1.87. The van der Waals surface area contributed by atoms with Crippen molar-refractivity contribution in [3.63, 3.8) is 0 Å². The van der Waals surface area contributed by atoms with Crippen LogP contribution in [0.15, 0.2) is 25.4 Å². The van der Waals surface area contributed by atoms with E-state index in [9.17, 15) is 10.0 Å². The van der Waals surface area contributed by atoms with Crippen molar-refractivity contribution in [3.8, 4) is 0 Å². The molecule has 0 aliphatic heterocycles. The third kappa shape index (κ3) is 4.58. The zero-order chi connectivity index (χ0) is 11.1. The van der Waals surface area contributed by atoms with Crippen molar-refractivity contribution in [2.45, 2.75) is 12.5 Å². The average Bonchev–Trinajstić information content (AvgIpc) is 2.17. The summed E-state index contributed by atoms with van der Waals surface area (Å²) < 4.78 is 0. The number of hydrogen-bond donors (Lipinski definition) is 4. The first kappa shape index (κ1) is 12.6. The smallest absolute Gasteiger partial charge is 0.245 e. The van der Waals surface area contributed by atoms with Gasteiger partial charge in [0.1, 0.15) is 0 Å². The molecule has 4 N–H and O–H groups in total. The predicted octanol–water partition coefficient (Wildman–Crippen LogP) is -1.63. The zero-order valence-corrected chi connectivity index (χ0v) is 7.38. The van der Waals surface area contributed by atoms with Crippen molar-refractivity contribution in [3.05, 3.63) is 30.6 Å². The van der Waals surface area contributed by atoms with Crippen molar-refractivity contribution in [2.75, 3.05) is 0 Å². The zero-order valence-electron chi connectivity index (χ0n) is 7.38. The van der Waals surface area contributed by atoms with Gasteiger partial charge in [0.2, 0.25) is 5.91 Å². The molecule has 0 aromatic rings. The lowest BCUT2D eigenvalue weighted by molar-refractivity contribution is -0.124. The lowest BCUT2D eigenvalue weighted by atomic mass is 10.4. The van der Waals surface area contributed by atoms with E-state index in [4.69, 9.17) is 10.2 Å². The molecule has 7 nitrogen and oxygen atoms in total. The minimum absolute atomic E-state index is 0.0912. The van der Waals surface area contributed by atoms with E-state index in [1.807, 2.05) is 10.7 Å². The highest BCUT2D eigenvalue weighted by atomic mass is 16.5. The number of aliphatic hydroxyl groups excluding tert-OH is 2. The van der Waals surface area contributed by atoms with Crippen LogP contribution in [0.3, 0.4) is 0 Å². The number of hydrogen-bond acceptors (Lipinski definition) is 6. The molecule has 0 aromatic heterocycles. The average molecular weight is 202 g/mol. The van der Waals surface area contributed by atoms with E-state index in [2.05, 4.69) is 13.2 Å². The van der Waals surface area contributed by atoms with Gasteiger partial charge < -0.3 is 25.9 Å². The van der Waals surface area contributed by atoms with Gasteiger partial charge in [0.15, 0.2) is 12.5 Å². The molecule has 2 unspecified atom stereocenters. The molecule has 1 amide bonds. The molecule has 2 atom stereocenters. The first-order valence-corrected chi connectivity index (χ1v) is 3.65. The maximum absolute atomic E-state index is 10.6. The van der Waals surface area contributed by atoms with Crippen LogP contribution in [0.25, 0.3) is 0 Å². The number of carbonyl (C=O) groups is 1. The highest BCUT2D eigenvalue weighted by molar-refractivity contribution is 5.86. The highest BCUT2D eigenvalue weighted by Crippen LogP contribution is 1.88. The summed E-state index contributed by atoms with van der Waals surface area (Å²) in [4.78, 5) is 10.6. The van der Waals surface area contributed by atoms with Gasteiger partial charge >= 0.3 is 0 Å². The molecule has 14 heavy (non-hydrogen) atoms. The van der Waals surface area contributed by atoms with Crippen LogP contribution in [0.5, 0.6) is 0 Å². The summed E-state index contributed by atoms with van der Waals surface area (Å²) in [5, 5.41) is 30.7. The minimum Gasteiger partial charge on any atom is -0.744 e. The fraction of sp³-hybridized carbons (Fsp3) is 0.286. The second-order valence-corrected chi connectivity index (χ2v) is 2.24. The second kappa shape index (κ2) is 6.11. The summed E-state index contributed by atoms with van der Waals surface area (Å²) in [7, 11) is 0. The molecule has 7 heteroatoms. The molecule has 0 aromatic carbocycles. The largest absolute Gasteiger partial charge is 0.744 e. The Morgan fingerprint density at radius 2 is 2.00 bits per heavy atom. The summed E-state index contributed by atoms with van der Waals surface area (Å²) in [6.07, 6.45) is -1.49. The lowest BCUT2D eigenvalue weighted by Gasteiger charge is -2.31. The Balaban J connectivity index is 3.98. The molecule has 0 saturated heterocycles. The molecule has 0 saturated carbocycles. The van der Waals surface area contributed by atoms with Crippen molar-refractivity contribution >= 4 is 5.91 Å². The molecule has 0 rings (SSSR count). The van der Waals surface area contributed by atoms with Crippen molar-refractivity contribution < 1.29 is 15.0 Å². The normalized spacial score (nSPS) is 13.9. The molecule has 0 aliphatic rings. The molecule has 80 valence electrons. The number of rotatable bonds is 6. The van der Waals surface area contributed by atoms with Gasteiger partial charge in [0, 0.05) is 0 Å². The number of carbonyl (C=O) groups excluding carboxylic acids is 1. The van der Waals surface area contributed by atoms with Gasteiger partial charge in [-0.15, -0.1) is 0 Å². The van der Waals surface area contributed by atoms with Crippen LogP contribution in [0.2, 0.25) is 0 Å². The van der Waals surface area contributed by atoms with Crippen molar-refractivity contribution in [2.24, 2.45) is 0 Å². The molecular formula is C7H12N3O4-. The molecule has 0 fully saturated rings. The van der Waals surface area contributed by atoms with E-state index in [-0.39, 0.29) is 5.17 Å². The van der Waals surface area contributed by atoms with Gasteiger partial charge in [0.05, 0.1) is 0 Å². The minimum atomic E-state index is -1.63. The van der Waals surface area contributed by atoms with Gasteiger partial charge in [-0.25, -0.2) is 5.43 Å². The summed E-state index contributed by atoms with van der Waals surface area (Å²) >= 11 is 0. The number of hydrazine groups is 1. The molecule has 0 heterocycles. The lowest BCUT2D eigenvalue weighted by Crippen LogP contribution is -2.52. The van der Waals surface area contributed by atoms with E-state index >= 15 is 0 Å². The number of amides is 1. The fourth-order valence-corrected chi connectivity index (χ4v) is 0.537. The van der Waals surface area contributed by atoms with Crippen LogP contribution in [0, 0.1) is 5.21 Å². The van der Waals surface area contributed by atoms with Crippen LogP contribution in [-0.2, 0) is 4.79 Å². The standard InChI is InChI=1S/C7H12N3O4/c1-3-5(11)8-6(12)7(13)9-10(14)4-2/h3-4,6-7,9,12-13H,1-2H2,(H,8,11)/q-1. The maximum Gasteiger partial charge on any atom is 0.245 e. The monoisotopic (exact) mass is 202 g/mol. The summed E-state index contributed by atoms with van der Waals surface area (Å²) in [5.74, 6) is -0.672. The molecule has 0 spiro atoms. The Morgan fingerprint density at radius 1 is 1.43 bits per heavy atom. The number of nitrogens with zero attached hydrogens (tertiary/aromatic N) is 1. The number of nitrogens with one attached hydrogen (secondary N) is 2. The Labute approximate surface area is 80.9 Å². The van der Waals surface area contributed by atoms with Crippen molar-refractivity contribution in [1.82, 2.24) is 15.9 Å². The van der Waals surface area contributed by atoms with Gasteiger partial charge in [-0.05, 0) is 12.3 Å². The topological polar surface area (TPSA) is 108 Å². The van der Waals surface area contributed by atoms with Gasteiger partial charge in [0.25, 0.3) is 0 Å². The molecule has 0 bridgehead atoms. The Morgan fingerprint density at radius 3 is 2.43 bits per heavy atom. The van der Waals surface area contributed by atoms with E-state index in [1.54, 1.807) is 0 Å². The highest BCUT2D eigenvalue weighted by Gasteiger charge is 2.16. The first-order chi connectivity index (χ1) is 6.51. The van der Waals surface area contributed by atoms with E-state index < -0.39 is 18.4 Å². The van der Waals surface area contributed by atoms with E-state index in [0.29, 0.717) is 0 Å². The Bertz CT molecular complexity index is 221.